The van der Waals surface area contributed by atoms with E-state index in [0.717, 1.165) is 26.0 Å². The van der Waals surface area contributed by atoms with Crippen LogP contribution in [0.2, 0.25) is 0 Å². The second-order valence-electron chi connectivity index (χ2n) is 5.21. The number of benzene rings is 1. The van der Waals surface area contributed by atoms with E-state index in [0.29, 0.717) is 6.04 Å². The van der Waals surface area contributed by atoms with Crippen LogP contribution < -0.4 is 5.32 Å². The van der Waals surface area contributed by atoms with Crippen LogP contribution in [-0.4, -0.2) is 13.2 Å². The fraction of sp³-hybridized carbons (Fsp3) is 0.412. The van der Waals surface area contributed by atoms with Crippen LogP contribution in [0.25, 0.3) is 0 Å². The lowest BCUT2D eigenvalue weighted by molar-refractivity contribution is 0.0294. The molecule has 1 aliphatic heterocycles. The van der Waals surface area contributed by atoms with Gasteiger partial charge in [0.15, 0.2) is 0 Å². The maximum absolute atomic E-state index is 6.04. The molecule has 1 aromatic heterocycles. The molecule has 3 heteroatoms. The third-order valence-corrected chi connectivity index (χ3v) is 4.64. The van der Waals surface area contributed by atoms with E-state index in [2.05, 4.69) is 53.3 Å². The molecule has 1 N–H and O–H groups in total. The van der Waals surface area contributed by atoms with Gasteiger partial charge in [0.1, 0.15) is 0 Å². The Morgan fingerprint density at radius 1 is 1.35 bits per heavy atom. The summed E-state index contributed by atoms with van der Waals surface area (Å²) in [7, 11) is 0. The molecule has 0 fully saturated rings. The van der Waals surface area contributed by atoms with Gasteiger partial charge in [-0.15, -0.1) is 0 Å². The van der Waals surface area contributed by atoms with Gasteiger partial charge in [0, 0.05) is 6.04 Å². The predicted molar refractivity (Wildman–Crippen MR) is 84.2 cm³/mol. The van der Waals surface area contributed by atoms with Crippen LogP contribution in [-0.2, 0) is 11.2 Å². The van der Waals surface area contributed by atoms with E-state index in [9.17, 15) is 0 Å². The van der Waals surface area contributed by atoms with Gasteiger partial charge in [0.05, 0.1) is 12.7 Å². The van der Waals surface area contributed by atoms with Gasteiger partial charge in [0.25, 0.3) is 0 Å². The molecule has 0 saturated carbocycles. The van der Waals surface area contributed by atoms with E-state index in [4.69, 9.17) is 4.74 Å². The highest BCUT2D eigenvalue weighted by Gasteiger charge is 2.24. The van der Waals surface area contributed by atoms with Gasteiger partial charge in [0.2, 0.25) is 0 Å². The lowest BCUT2D eigenvalue weighted by atomic mass is 9.92. The molecule has 2 aromatic rings. The first-order valence-electron chi connectivity index (χ1n) is 7.33. The zero-order valence-corrected chi connectivity index (χ0v) is 12.7. The van der Waals surface area contributed by atoms with E-state index in [-0.39, 0.29) is 6.10 Å². The SMILES string of the molecule is CCNC(CC1OCCc2ccccc21)c1ccsc1. The van der Waals surface area contributed by atoms with Crippen LogP contribution in [0.15, 0.2) is 41.1 Å². The molecular weight excluding hydrogens is 266 g/mol. The van der Waals surface area contributed by atoms with Gasteiger partial charge in [-0.25, -0.2) is 0 Å². The number of hydrogen-bond donors (Lipinski definition) is 1. The summed E-state index contributed by atoms with van der Waals surface area (Å²) in [6.45, 7) is 3.98. The van der Waals surface area contributed by atoms with E-state index in [1.54, 1.807) is 11.3 Å². The molecule has 2 nitrogen and oxygen atoms in total. The molecule has 2 unspecified atom stereocenters. The molecule has 0 amide bonds. The fourth-order valence-corrected chi connectivity index (χ4v) is 3.66. The fourth-order valence-electron chi connectivity index (χ4n) is 2.94. The van der Waals surface area contributed by atoms with Crippen molar-refractivity contribution >= 4 is 11.3 Å². The van der Waals surface area contributed by atoms with Gasteiger partial charge < -0.3 is 10.1 Å². The minimum Gasteiger partial charge on any atom is -0.373 e. The molecule has 0 spiro atoms. The van der Waals surface area contributed by atoms with Gasteiger partial charge in [-0.05, 0) is 52.9 Å². The largest absolute Gasteiger partial charge is 0.373 e. The summed E-state index contributed by atoms with van der Waals surface area (Å²) in [6.07, 6.45) is 2.25. The van der Waals surface area contributed by atoms with Gasteiger partial charge in [-0.2, -0.15) is 11.3 Å². The van der Waals surface area contributed by atoms with Crippen LogP contribution in [0.5, 0.6) is 0 Å². The standard InChI is InChI=1S/C17H21NOS/c1-2-18-16(14-8-10-20-12-14)11-17-15-6-4-3-5-13(15)7-9-19-17/h3-6,8,10,12,16-18H,2,7,9,11H2,1H3. The van der Waals surface area contributed by atoms with Crippen molar-refractivity contribution in [3.63, 3.8) is 0 Å². The van der Waals surface area contributed by atoms with Crippen molar-refractivity contribution in [3.8, 4) is 0 Å². The van der Waals surface area contributed by atoms with E-state index < -0.39 is 0 Å². The molecular formula is C17H21NOS. The average Bonchev–Trinajstić information content (AvgIpc) is 3.01. The molecule has 20 heavy (non-hydrogen) atoms. The molecule has 1 aromatic carbocycles. The minimum absolute atomic E-state index is 0.212. The number of hydrogen-bond acceptors (Lipinski definition) is 3. The van der Waals surface area contributed by atoms with Crippen molar-refractivity contribution in [2.75, 3.05) is 13.2 Å². The summed E-state index contributed by atoms with van der Waals surface area (Å²) in [6, 6.07) is 11.3. The van der Waals surface area contributed by atoms with E-state index >= 15 is 0 Å². The van der Waals surface area contributed by atoms with Crippen molar-refractivity contribution < 1.29 is 4.74 Å². The lowest BCUT2D eigenvalue weighted by Gasteiger charge is -2.29. The van der Waals surface area contributed by atoms with Crippen molar-refractivity contribution in [2.24, 2.45) is 0 Å². The smallest absolute Gasteiger partial charge is 0.0845 e. The Balaban J connectivity index is 1.79. The first-order valence-corrected chi connectivity index (χ1v) is 8.27. The van der Waals surface area contributed by atoms with Crippen LogP contribution in [0.1, 0.15) is 42.2 Å². The van der Waals surface area contributed by atoms with E-state index in [1.165, 1.54) is 16.7 Å². The maximum Gasteiger partial charge on any atom is 0.0845 e. The Morgan fingerprint density at radius 3 is 3.05 bits per heavy atom. The normalized spacial score (nSPS) is 19.6. The summed E-state index contributed by atoms with van der Waals surface area (Å²) in [5.74, 6) is 0. The predicted octanol–water partition coefficient (Wildman–Crippen LogP) is 4.10. The van der Waals surface area contributed by atoms with Crippen molar-refractivity contribution in [1.29, 1.82) is 0 Å². The zero-order valence-electron chi connectivity index (χ0n) is 11.8. The lowest BCUT2D eigenvalue weighted by Crippen LogP contribution is -2.25. The number of fused-ring (bicyclic) bond motifs is 1. The monoisotopic (exact) mass is 287 g/mol. The zero-order chi connectivity index (χ0) is 13.8. The summed E-state index contributed by atoms with van der Waals surface area (Å²) in [5, 5.41) is 7.98. The molecule has 2 heterocycles. The summed E-state index contributed by atoms with van der Waals surface area (Å²) < 4.78 is 6.04. The van der Waals surface area contributed by atoms with Crippen molar-refractivity contribution in [1.82, 2.24) is 5.32 Å². The Kier molecular flexibility index (Phi) is 4.51. The molecule has 0 aliphatic carbocycles. The average molecular weight is 287 g/mol. The highest BCUT2D eigenvalue weighted by molar-refractivity contribution is 7.07. The van der Waals surface area contributed by atoms with Crippen molar-refractivity contribution in [3.05, 3.63) is 57.8 Å². The first kappa shape index (κ1) is 13.8. The summed E-state index contributed by atoms with van der Waals surface area (Å²) >= 11 is 1.76. The molecule has 3 rings (SSSR count). The van der Waals surface area contributed by atoms with Crippen LogP contribution in [0, 0.1) is 0 Å². The molecule has 0 saturated heterocycles. The molecule has 0 bridgehead atoms. The number of rotatable bonds is 5. The van der Waals surface area contributed by atoms with Gasteiger partial charge >= 0.3 is 0 Å². The maximum atomic E-state index is 6.04. The summed E-state index contributed by atoms with van der Waals surface area (Å²) in [4.78, 5) is 0. The minimum atomic E-state index is 0.212. The first-order chi connectivity index (χ1) is 9.88. The molecule has 2 atom stereocenters. The number of thiophene rings is 1. The van der Waals surface area contributed by atoms with Gasteiger partial charge in [-0.3, -0.25) is 0 Å². The second kappa shape index (κ2) is 6.53. The van der Waals surface area contributed by atoms with Crippen LogP contribution in [0.3, 0.4) is 0 Å². The van der Waals surface area contributed by atoms with Gasteiger partial charge in [-0.1, -0.05) is 31.2 Å². The van der Waals surface area contributed by atoms with Crippen LogP contribution in [0.4, 0.5) is 0 Å². The third-order valence-electron chi connectivity index (χ3n) is 3.94. The quantitative estimate of drug-likeness (QED) is 0.894. The second-order valence-corrected chi connectivity index (χ2v) is 5.99. The number of nitrogens with one attached hydrogen (secondary N) is 1. The number of ether oxygens (including phenoxy) is 1. The van der Waals surface area contributed by atoms with Crippen LogP contribution >= 0.6 is 11.3 Å². The highest BCUT2D eigenvalue weighted by atomic mass is 32.1. The Labute approximate surface area is 124 Å². The Bertz CT molecular complexity index is 538. The Morgan fingerprint density at radius 2 is 2.25 bits per heavy atom. The molecule has 1 aliphatic rings. The third kappa shape index (κ3) is 2.95. The topological polar surface area (TPSA) is 21.3 Å². The highest BCUT2D eigenvalue weighted by Crippen LogP contribution is 2.34. The summed E-state index contributed by atoms with van der Waals surface area (Å²) in [5.41, 5.74) is 4.20. The Hall–Kier alpha value is -1.16. The van der Waals surface area contributed by atoms with E-state index in [1.807, 2.05) is 0 Å². The molecule has 106 valence electrons. The molecule has 0 radical (unpaired) electrons. The van der Waals surface area contributed by atoms with Crippen molar-refractivity contribution in [2.45, 2.75) is 31.9 Å².